The van der Waals surface area contributed by atoms with Crippen molar-refractivity contribution in [1.82, 2.24) is 15.1 Å². The van der Waals surface area contributed by atoms with Gasteiger partial charge in [-0.15, -0.1) is 24.0 Å². The van der Waals surface area contributed by atoms with E-state index in [0.717, 1.165) is 32.2 Å². The predicted octanol–water partition coefficient (Wildman–Crippen LogP) is 0.800. The van der Waals surface area contributed by atoms with Gasteiger partial charge in [0.05, 0.1) is 17.1 Å². The van der Waals surface area contributed by atoms with Gasteiger partial charge in [-0.1, -0.05) is 0 Å². The van der Waals surface area contributed by atoms with Crippen LogP contribution in [0.4, 0.5) is 0 Å². The molecular formula is C16H33IN4O3S. The van der Waals surface area contributed by atoms with Gasteiger partial charge >= 0.3 is 0 Å². The highest BCUT2D eigenvalue weighted by atomic mass is 127. The summed E-state index contributed by atoms with van der Waals surface area (Å²) in [5, 5.41) is 3.39. The molecule has 1 saturated heterocycles. The third-order valence-electron chi connectivity index (χ3n) is 4.88. The zero-order valence-electron chi connectivity index (χ0n) is 15.8. The predicted molar refractivity (Wildman–Crippen MR) is 113 cm³/mol. The molecule has 0 unspecified atom stereocenters. The average molecular weight is 488 g/mol. The molecule has 7 nitrogen and oxygen atoms in total. The highest BCUT2D eigenvalue weighted by Gasteiger charge is 2.41. The Morgan fingerprint density at radius 3 is 2.56 bits per heavy atom. The number of sulfone groups is 1. The summed E-state index contributed by atoms with van der Waals surface area (Å²) in [6.45, 7) is 8.02. The number of aliphatic imine (C=N–C) groups is 1. The Morgan fingerprint density at radius 2 is 2.04 bits per heavy atom. The van der Waals surface area contributed by atoms with Gasteiger partial charge < -0.3 is 15.0 Å². The number of rotatable bonds is 7. The molecule has 0 amide bonds. The second kappa shape index (κ2) is 9.70. The molecule has 0 spiro atoms. The number of hydrogen-bond acceptors (Lipinski definition) is 5. The quantitative estimate of drug-likeness (QED) is 0.325. The summed E-state index contributed by atoms with van der Waals surface area (Å²) < 4.78 is 28.7. The van der Waals surface area contributed by atoms with E-state index in [-0.39, 0.29) is 29.7 Å². The summed E-state index contributed by atoms with van der Waals surface area (Å²) in [7, 11) is 0.456. The third kappa shape index (κ3) is 6.21. The van der Waals surface area contributed by atoms with E-state index in [4.69, 9.17) is 4.74 Å². The van der Waals surface area contributed by atoms with Crippen LogP contribution in [-0.4, -0.2) is 94.2 Å². The SMILES string of the molecule is CN=C(NCCN(CCOC)C1CC1)N1CCS(=O)(=O)C(C)(C)C1.I. The number of halogens is 1. The molecule has 1 saturated carbocycles. The molecule has 1 aliphatic carbocycles. The Hall–Kier alpha value is -0.130. The standard InChI is InChI=1S/C16H32N4O3S.HI/c1-16(2)13-20(10-12-24(16,21)22)15(17-3)18-7-8-19(9-11-23-4)14-5-6-14;/h14H,5-13H2,1-4H3,(H,17,18);1H. The van der Waals surface area contributed by atoms with Gasteiger partial charge in [0.2, 0.25) is 0 Å². The Labute approximate surface area is 169 Å². The van der Waals surface area contributed by atoms with Crippen LogP contribution in [0.5, 0.6) is 0 Å². The first-order valence-corrected chi connectivity index (χ1v) is 10.4. The monoisotopic (exact) mass is 488 g/mol. The lowest BCUT2D eigenvalue weighted by Crippen LogP contribution is -2.57. The maximum absolute atomic E-state index is 12.1. The van der Waals surface area contributed by atoms with E-state index in [1.165, 1.54) is 12.8 Å². The van der Waals surface area contributed by atoms with Crippen molar-refractivity contribution in [1.29, 1.82) is 0 Å². The van der Waals surface area contributed by atoms with Gasteiger partial charge in [0.15, 0.2) is 15.8 Å². The van der Waals surface area contributed by atoms with Gasteiger partial charge in [-0.25, -0.2) is 8.42 Å². The molecule has 148 valence electrons. The molecule has 0 aromatic carbocycles. The molecule has 0 aromatic rings. The number of methoxy groups -OCH3 is 1. The number of guanidine groups is 1. The second-order valence-corrected chi connectivity index (χ2v) is 9.98. The van der Waals surface area contributed by atoms with Crippen LogP contribution in [0.25, 0.3) is 0 Å². The first kappa shape index (κ1) is 22.9. The summed E-state index contributed by atoms with van der Waals surface area (Å²) in [4.78, 5) is 8.84. The fraction of sp³-hybridized carbons (Fsp3) is 0.938. The second-order valence-electron chi connectivity index (χ2n) is 7.23. The van der Waals surface area contributed by atoms with Crippen molar-refractivity contribution in [2.24, 2.45) is 4.99 Å². The van der Waals surface area contributed by atoms with E-state index >= 15 is 0 Å². The van der Waals surface area contributed by atoms with Gasteiger partial charge in [-0.2, -0.15) is 0 Å². The van der Waals surface area contributed by atoms with Gasteiger partial charge in [-0.05, 0) is 26.7 Å². The lowest BCUT2D eigenvalue weighted by Gasteiger charge is -2.39. The van der Waals surface area contributed by atoms with Crippen LogP contribution in [-0.2, 0) is 14.6 Å². The minimum Gasteiger partial charge on any atom is -0.383 e. The van der Waals surface area contributed by atoms with Crippen molar-refractivity contribution in [2.75, 3.05) is 59.2 Å². The molecule has 0 atom stereocenters. The minimum absolute atomic E-state index is 0. The van der Waals surface area contributed by atoms with Gasteiger partial charge in [0.1, 0.15) is 0 Å². The van der Waals surface area contributed by atoms with Crippen molar-refractivity contribution in [2.45, 2.75) is 37.5 Å². The highest BCUT2D eigenvalue weighted by molar-refractivity contribution is 14.0. The lowest BCUT2D eigenvalue weighted by molar-refractivity contribution is 0.144. The summed E-state index contributed by atoms with van der Waals surface area (Å²) >= 11 is 0. The summed E-state index contributed by atoms with van der Waals surface area (Å²) in [5.74, 6) is 0.975. The fourth-order valence-corrected chi connectivity index (χ4v) is 4.46. The van der Waals surface area contributed by atoms with Crippen LogP contribution in [0.1, 0.15) is 26.7 Å². The molecular weight excluding hydrogens is 455 g/mol. The largest absolute Gasteiger partial charge is 0.383 e. The molecule has 0 radical (unpaired) electrons. The van der Waals surface area contributed by atoms with E-state index in [1.807, 2.05) is 0 Å². The maximum Gasteiger partial charge on any atom is 0.193 e. The molecule has 25 heavy (non-hydrogen) atoms. The van der Waals surface area contributed by atoms with Crippen molar-refractivity contribution in [3.05, 3.63) is 0 Å². The van der Waals surface area contributed by atoms with Crippen molar-refractivity contribution < 1.29 is 13.2 Å². The summed E-state index contributed by atoms with van der Waals surface area (Å²) in [6.07, 6.45) is 2.55. The van der Waals surface area contributed by atoms with E-state index in [9.17, 15) is 8.42 Å². The first-order valence-electron chi connectivity index (χ1n) is 8.71. The molecule has 1 aliphatic heterocycles. The maximum atomic E-state index is 12.1. The third-order valence-corrected chi connectivity index (χ3v) is 7.42. The van der Waals surface area contributed by atoms with Crippen LogP contribution in [0.15, 0.2) is 4.99 Å². The molecule has 1 N–H and O–H groups in total. The zero-order valence-corrected chi connectivity index (χ0v) is 19.0. The normalized spacial score (nSPS) is 22.6. The van der Waals surface area contributed by atoms with Crippen LogP contribution in [0.2, 0.25) is 0 Å². The molecule has 9 heteroatoms. The summed E-state index contributed by atoms with van der Waals surface area (Å²) in [5.41, 5.74) is 0. The topological polar surface area (TPSA) is 74.2 Å². The number of ether oxygens (including phenoxy) is 1. The van der Waals surface area contributed by atoms with Crippen molar-refractivity contribution in [3.63, 3.8) is 0 Å². The molecule has 2 aliphatic rings. The van der Waals surface area contributed by atoms with Crippen LogP contribution in [0.3, 0.4) is 0 Å². The van der Waals surface area contributed by atoms with Gasteiger partial charge in [0.25, 0.3) is 0 Å². The van der Waals surface area contributed by atoms with E-state index < -0.39 is 14.6 Å². The van der Waals surface area contributed by atoms with E-state index in [1.54, 1.807) is 28.0 Å². The van der Waals surface area contributed by atoms with Crippen LogP contribution >= 0.6 is 24.0 Å². The Bertz CT molecular complexity index is 550. The fourth-order valence-electron chi connectivity index (χ4n) is 3.09. The highest BCUT2D eigenvalue weighted by Crippen LogP contribution is 2.26. The Kier molecular flexibility index (Phi) is 8.89. The number of hydrogen-bond donors (Lipinski definition) is 1. The van der Waals surface area contributed by atoms with Crippen molar-refractivity contribution in [3.8, 4) is 0 Å². The number of nitrogens with zero attached hydrogens (tertiary/aromatic N) is 3. The van der Waals surface area contributed by atoms with Crippen molar-refractivity contribution >= 4 is 39.8 Å². The van der Waals surface area contributed by atoms with E-state index in [2.05, 4.69) is 20.1 Å². The smallest absolute Gasteiger partial charge is 0.193 e. The molecule has 2 fully saturated rings. The van der Waals surface area contributed by atoms with Gasteiger partial charge in [-0.3, -0.25) is 9.89 Å². The number of nitrogens with one attached hydrogen (secondary N) is 1. The molecule has 2 rings (SSSR count). The van der Waals surface area contributed by atoms with Crippen LogP contribution < -0.4 is 5.32 Å². The Balaban J connectivity index is 0.00000312. The first-order chi connectivity index (χ1) is 11.3. The molecule has 1 heterocycles. The molecule has 0 aromatic heterocycles. The van der Waals surface area contributed by atoms with Gasteiger partial charge in [0, 0.05) is 52.9 Å². The zero-order chi connectivity index (χ0) is 17.8. The van der Waals surface area contributed by atoms with E-state index in [0.29, 0.717) is 19.1 Å². The Morgan fingerprint density at radius 1 is 1.36 bits per heavy atom. The lowest BCUT2D eigenvalue weighted by atomic mass is 10.2. The molecule has 0 bridgehead atoms. The average Bonchev–Trinajstić information content (AvgIpc) is 3.34. The van der Waals surface area contributed by atoms with Crippen LogP contribution in [0, 0.1) is 0 Å². The summed E-state index contributed by atoms with van der Waals surface area (Å²) in [6, 6.07) is 0.697. The minimum atomic E-state index is -3.03.